The molecule has 39 heavy (non-hydrogen) atoms. The van der Waals surface area contributed by atoms with Crippen molar-refractivity contribution in [3.8, 4) is 11.3 Å². The Bertz CT molecular complexity index is 1640. The Kier molecular flexibility index (Phi) is 6.14. The molecule has 3 amide bonds. The molecule has 0 bridgehead atoms. The van der Waals surface area contributed by atoms with E-state index in [4.69, 9.17) is 10.8 Å². The van der Waals surface area contributed by atoms with Crippen LogP contribution in [0.2, 0.25) is 0 Å². The monoisotopic (exact) mass is 546 g/mol. The van der Waals surface area contributed by atoms with E-state index in [1.807, 2.05) is 11.6 Å². The third kappa shape index (κ3) is 4.24. The molecule has 198 valence electrons. The van der Waals surface area contributed by atoms with Gasteiger partial charge < -0.3 is 5.73 Å². The van der Waals surface area contributed by atoms with E-state index in [0.29, 0.717) is 33.8 Å². The number of amides is 3. The van der Waals surface area contributed by atoms with Crippen LogP contribution in [0, 0.1) is 18.6 Å². The fourth-order valence-electron chi connectivity index (χ4n) is 5.61. The molecular formula is C29H24F2N4O3S. The summed E-state index contributed by atoms with van der Waals surface area (Å²) in [6.07, 6.45) is 1.83. The average Bonchev–Trinajstić information content (AvgIpc) is 3.51. The number of aryl methyl sites for hydroxylation is 2. The molecule has 0 radical (unpaired) electrons. The molecule has 4 aromatic rings. The zero-order valence-electron chi connectivity index (χ0n) is 21.0. The molecule has 2 aromatic heterocycles. The topological polar surface area (TPSA) is 98.3 Å². The Balaban J connectivity index is 1.43. The first kappa shape index (κ1) is 25.1. The molecule has 0 unspecified atom stereocenters. The van der Waals surface area contributed by atoms with Crippen LogP contribution < -0.4 is 5.73 Å². The zero-order valence-corrected chi connectivity index (χ0v) is 21.9. The lowest BCUT2D eigenvalue weighted by atomic mass is 9.92. The van der Waals surface area contributed by atoms with Crippen LogP contribution >= 0.6 is 11.3 Å². The van der Waals surface area contributed by atoms with Gasteiger partial charge in [0.15, 0.2) is 11.6 Å². The van der Waals surface area contributed by atoms with E-state index in [1.165, 1.54) is 22.3 Å². The smallest absolute Gasteiger partial charge is 0.261 e. The number of imide groups is 1. The Morgan fingerprint density at radius 3 is 2.44 bits per heavy atom. The highest BCUT2D eigenvalue weighted by atomic mass is 32.1. The molecule has 2 N–H and O–H groups in total. The van der Waals surface area contributed by atoms with Gasteiger partial charge in [-0.25, -0.2) is 8.78 Å². The lowest BCUT2D eigenvalue weighted by molar-refractivity contribution is 0.0642. The maximum absolute atomic E-state index is 14.1. The number of nitrogens with zero attached hydrogens (tertiary/aromatic N) is 3. The van der Waals surface area contributed by atoms with Gasteiger partial charge in [0.1, 0.15) is 0 Å². The van der Waals surface area contributed by atoms with Crippen molar-refractivity contribution in [3.05, 3.63) is 97.9 Å². The predicted molar refractivity (Wildman–Crippen MR) is 142 cm³/mol. The van der Waals surface area contributed by atoms with Crippen molar-refractivity contribution >= 4 is 29.1 Å². The number of rotatable bonds is 6. The van der Waals surface area contributed by atoms with Crippen molar-refractivity contribution in [2.24, 2.45) is 5.73 Å². The van der Waals surface area contributed by atoms with Crippen molar-refractivity contribution in [1.82, 2.24) is 14.7 Å². The molecule has 2 aliphatic rings. The number of hydrogen-bond donors (Lipinski definition) is 1. The molecule has 10 heteroatoms. The van der Waals surface area contributed by atoms with Crippen molar-refractivity contribution < 1.29 is 23.2 Å². The third-order valence-electron chi connectivity index (χ3n) is 7.44. The third-order valence-corrected chi connectivity index (χ3v) is 8.65. The Morgan fingerprint density at radius 1 is 1.05 bits per heavy atom. The second-order valence-electron chi connectivity index (χ2n) is 9.91. The molecule has 0 saturated heterocycles. The summed E-state index contributed by atoms with van der Waals surface area (Å²) in [6.45, 7) is 2.59. The molecule has 0 spiro atoms. The van der Waals surface area contributed by atoms with Crippen molar-refractivity contribution in [2.45, 2.75) is 38.6 Å². The van der Waals surface area contributed by atoms with Gasteiger partial charge in [0.2, 0.25) is 0 Å². The number of primary amides is 1. The minimum Gasteiger partial charge on any atom is -0.365 e. The maximum Gasteiger partial charge on any atom is 0.261 e. The summed E-state index contributed by atoms with van der Waals surface area (Å²) in [5.74, 6) is -3.68. The molecule has 2 aromatic carbocycles. The van der Waals surface area contributed by atoms with Crippen LogP contribution in [0.4, 0.5) is 8.78 Å². The highest BCUT2D eigenvalue weighted by Gasteiger charge is 2.38. The minimum atomic E-state index is -0.966. The first-order valence-corrected chi connectivity index (χ1v) is 13.4. The number of carbonyl (C=O) groups is 3. The van der Waals surface area contributed by atoms with Gasteiger partial charge in [0.25, 0.3) is 17.7 Å². The SMILES string of the molecule is Cc1c([C@@H](Cc2ccc(F)c(F)c2)CN2C(=O)c3ccccc3C2=O)nn2c1-c1cc(C(N)=O)sc1CCC2. The molecule has 0 saturated carbocycles. The van der Waals surface area contributed by atoms with E-state index in [0.717, 1.165) is 46.7 Å². The van der Waals surface area contributed by atoms with Gasteiger partial charge in [-0.2, -0.15) is 5.10 Å². The molecule has 0 fully saturated rings. The Labute approximate surface area is 226 Å². The molecular weight excluding hydrogens is 522 g/mol. The highest BCUT2D eigenvalue weighted by molar-refractivity contribution is 7.14. The lowest BCUT2D eigenvalue weighted by Gasteiger charge is -2.22. The maximum atomic E-state index is 14.1. The molecule has 0 aliphatic carbocycles. The quantitative estimate of drug-likeness (QED) is 0.349. The second kappa shape index (κ2) is 9.53. The van der Waals surface area contributed by atoms with Gasteiger partial charge in [0, 0.05) is 29.4 Å². The Hall–Kier alpha value is -4.18. The van der Waals surface area contributed by atoms with Gasteiger partial charge in [-0.3, -0.25) is 24.0 Å². The predicted octanol–water partition coefficient (Wildman–Crippen LogP) is 4.87. The van der Waals surface area contributed by atoms with Gasteiger partial charge >= 0.3 is 0 Å². The van der Waals surface area contributed by atoms with Gasteiger partial charge in [-0.05, 0) is 67.6 Å². The van der Waals surface area contributed by atoms with E-state index in [1.54, 1.807) is 30.3 Å². The molecule has 4 heterocycles. The van der Waals surface area contributed by atoms with Crippen LogP contribution in [0.15, 0.2) is 48.5 Å². The number of benzene rings is 2. The summed E-state index contributed by atoms with van der Waals surface area (Å²) in [5, 5.41) is 4.93. The van der Waals surface area contributed by atoms with Crippen LogP contribution in [0.3, 0.4) is 0 Å². The summed E-state index contributed by atoms with van der Waals surface area (Å²) >= 11 is 1.38. The fourth-order valence-corrected chi connectivity index (χ4v) is 6.67. The number of hydrogen-bond acceptors (Lipinski definition) is 5. The summed E-state index contributed by atoms with van der Waals surface area (Å²) < 4.78 is 29.7. The number of nitrogens with two attached hydrogens (primary N) is 1. The number of thiophene rings is 1. The second-order valence-corrected chi connectivity index (χ2v) is 11.1. The summed E-state index contributed by atoms with van der Waals surface area (Å²) in [6, 6.07) is 12.2. The molecule has 1 atom stereocenters. The molecule has 6 rings (SSSR count). The van der Waals surface area contributed by atoms with Crippen molar-refractivity contribution in [2.75, 3.05) is 6.54 Å². The van der Waals surface area contributed by atoms with E-state index in [9.17, 15) is 23.2 Å². The largest absolute Gasteiger partial charge is 0.365 e. The first-order valence-electron chi connectivity index (χ1n) is 12.6. The van der Waals surface area contributed by atoms with E-state index >= 15 is 0 Å². The Morgan fingerprint density at radius 2 is 1.77 bits per heavy atom. The van der Waals surface area contributed by atoms with Gasteiger partial charge in [-0.15, -0.1) is 11.3 Å². The van der Waals surface area contributed by atoms with Crippen LogP contribution in [0.1, 0.15) is 64.4 Å². The van der Waals surface area contributed by atoms with Crippen molar-refractivity contribution in [1.29, 1.82) is 0 Å². The normalized spacial score (nSPS) is 15.1. The standard InChI is InChI=1S/C29H24F2N4O3S/c1-15-25(33-35-10-4-7-23-20(26(15)35)13-24(39-23)27(32)36)17(11-16-8-9-21(30)22(31)12-16)14-34-28(37)18-5-2-3-6-19(18)29(34)38/h2-3,5-6,8-9,12-13,17H,4,7,10-11,14H2,1H3,(H2,32,36)/t17-/m0/s1. The van der Waals surface area contributed by atoms with Crippen LogP contribution in [0.25, 0.3) is 11.3 Å². The van der Waals surface area contributed by atoms with E-state index < -0.39 is 35.3 Å². The summed E-state index contributed by atoms with van der Waals surface area (Å²) in [7, 11) is 0. The van der Waals surface area contributed by atoms with E-state index in [2.05, 4.69) is 0 Å². The minimum absolute atomic E-state index is 0.0195. The fraction of sp³-hybridized carbons (Fsp3) is 0.241. The lowest BCUT2D eigenvalue weighted by Crippen LogP contribution is -2.35. The molecule has 7 nitrogen and oxygen atoms in total. The van der Waals surface area contributed by atoms with Crippen LogP contribution in [-0.2, 0) is 19.4 Å². The van der Waals surface area contributed by atoms with Crippen LogP contribution in [-0.4, -0.2) is 38.9 Å². The summed E-state index contributed by atoms with van der Waals surface area (Å²) in [5.41, 5.74) is 10.0. The number of halogens is 2. The number of fused-ring (bicyclic) bond motifs is 4. The molecule has 2 aliphatic heterocycles. The first-order chi connectivity index (χ1) is 18.7. The zero-order chi connectivity index (χ0) is 27.4. The summed E-state index contributed by atoms with van der Waals surface area (Å²) in [4.78, 5) is 41.0. The average molecular weight is 547 g/mol. The highest BCUT2D eigenvalue weighted by Crippen LogP contribution is 2.40. The number of aromatic nitrogens is 2. The van der Waals surface area contributed by atoms with Crippen LogP contribution in [0.5, 0.6) is 0 Å². The van der Waals surface area contributed by atoms with Gasteiger partial charge in [-0.1, -0.05) is 18.2 Å². The number of carbonyl (C=O) groups excluding carboxylic acids is 3. The van der Waals surface area contributed by atoms with Crippen molar-refractivity contribution in [3.63, 3.8) is 0 Å². The van der Waals surface area contributed by atoms with E-state index in [-0.39, 0.29) is 13.0 Å². The van der Waals surface area contributed by atoms with Gasteiger partial charge in [0.05, 0.1) is 27.4 Å².